The van der Waals surface area contributed by atoms with Gasteiger partial charge in [0, 0.05) is 30.0 Å². The molecule has 1 heterocycles. The van der Waals surface area contributed by atoms with Gasteiger partial charge in [-0.3, -0.25) is 0 Å². The summed E-state index contributed by atoms with van der Waals surface area (Å²) in [7, 11) is 0. The van der Waals surface area contributed by atoms with Gasteiger partial charge in [0.1, 0.15) is 5.82 Å². The molecule has 3 nitrogen and oxygen atoms in total. The molecule has 2 aromatic rings. The van der Waals surface area contributed by atoms with E-state index in [1.807, 2.05) is 6.92 Å². The summed E-state index contributed by atoms with van der Waals surface area (Å²) in [6.45, 7) is 3.59. The number of hydrogen-bond acceptors (Lipinski definition) is 4. The van der Waals surface area contributed by atoms with E-state index in [1.165, 1.54) is 12.1 Å². The Bertz CT molecular complexity index is 525. The molecule has 0 aliphatic rings. The molecule has 0 aliphatic carbocycles. The minimum Gasteiger partial charge on any atom is -0.395 e. The predicted octanol–water partition coefficient (Wildman–Crippen LogP) is 2.38. The summed E-state index contributed by atoms with van der Waals surface area (Å²) in [5.74, 6) is -0.231. The summed E-state index contributed by atoms with van der Waals surface area (Å²) in [4.78, 5) is 5.74. The van der Waals surface area contributed by atoms with Crippen LogP contribution in [0.4, 0.5) is 4.39 Å². The average molecular weight is 280 g/mol. The first-order chi connectivity index (χ1) is 9.20. The van der Waals surface area contributed by atoms with Crippen molar-refractivity contribution in [3.63, 3.8) is 0 Å². The van der Waals surface area contributed by atoms with E-state index in [2.05, 4.69) is 10.3 Å². The molecule has 2 N–H and O–H groups in total. The van der Waals surface area contributed by atoms with Crippen LogP contribution in [0, 0.1) is 12.7 Å². The smallest absolute Gasteiger partial charge is 0.123 e. The number of hydrogen-bond donors (Lipinski definition) is 2. The Morgan fingerprint density at radius 1 is 1.26 bits per heavy atom. The molecule has 0 saturated carbocycles. The lowest BCUT2D eigenvalue weighted by Crippen LogP contribution is -2.20. The molecule has 0 radical (unpaired) electrons. The van der Waals surface area contributed by atoms with Crippen molar-refractivity contribution < 1.29 is 9.50 Å². The van der Waals surface area contributed by atoms with E-state index < -0.39 is 0 Å². The third kappa shape index (κ3) is 3.83. The Morgan fingerprint density at radius 2 is 2.00 bits per heavy atom. The van der Waals surface area contributed by atoms with Crippen LogP contribution in [-0.2, 0) is 6.42 Å². The maximum atomic E-state index is 12.9. The molecule has 0 aliphatic heterocycles. The second kappa shape index (κ2) is 6.75. The third-order valence-corrected chi connectivity index (χ3v) is 3.79. The van der Waals surface area contributed by atoms with E-state index in [0.29, 0.717) is 6.54 Å². The highest BCUT2D eigenvalue weighted by Crippen LogP contribution is 2.27. The van der Waals surface area contributed by atoms with Crippen LogP contribution < -0.4 is 5.32 Å². The van der Waals surface area contributed by atoms with Crippen LogP contribution in [0.15, 0.2) is 24.3 Å². The zero-order valence-corrected chi connectivity index (χ0v) is 11.6. The minimum atomic E-state index is -0.231. The zero-order chi connectivity index (χ0) is 13.7. The summed E-state index contributed by atoms with van der Waals surface area (Å²) < 4.78 is 12.9. The molecular formula is C14H17FN2OS. The van der Waals surface area contributed by atoms with Crippen LogP contribution in [-0.4, -0.2) is 29.8 Å². The zero-order valence-electron chi connectivity index (χ0n) is 10.8. The number of thiazole rings is 1. The van der Waals surface area contributed by atoms with Crippen LogP contribution in [0.5, 0.6) is 0 Å². The number of aryl methyl sites for hydroxylation is 1. The van der Waals surface area contributed by atoms with Gasteiger partial charge in [0.2, 0.25) is 0 Å². The highest BCUT2D eigenvalue weighted by Gasteiger charge is 2.09. The number of aliphatic hydroxyl groups excluding tert-OH is 1. The van der Waals surface area contributed by atoms with Gasteiger partial charge in [-0.25, -0.2) is 9.37 Å². The van der Waals surface area contributed by atoms with Crippen LogP contribution in [0.2, 0.25) is 0 Å². The number of aromatic nitrogens is 1. The first-order valence-corrected chi connectivity index (χ1v) is 7.06. The van der Waals surface area contributed by atoms with E-state index in [1.54, 1.807) is 23.5 Å². The molecule has 0 fully saturated rings. The molecule has 5 heteroatoms. The second-order valence-corrected chi connectivity index (χ2v) is 5.53. The Hall–Kier alpha value is -1.30. The molecule has 0 saturated heterocycles. The second-order valence-electron chi connectivity index (χ2n) is 4.24. The van der Waals surface area contributed by atoms with E-state index in [9.17, 15) is 4.39 Å². The first kappa shape index (κ1) is 14.1. The molecule has 0 atom stereocenters. The lowest BCUT2D eigenvalue weighted by Gasteiger charge is -1.99. The Morgan fingerprint density at radius 3 is 2.68 bits per heavy atom. The topological polar surface area (TPSA) is 45.1 Å². The number of nitrogens with zero attached hydrogens (tertiary/aromatic N) is 1. The lowest BCUT2D eigenvalue weighted by molar-refractivity contribution is 0.293. The fraction of sp³-hybridized carbons (Fsp3) is 0.357. The summed E-state index contributed by atoms with van der Waals surface area (Å²) in [6.07, 6.45) is 0.840. The lowest BCUT2D eigenvalue weighted by atomic mass is 10.1. The standard InChI is InChI=1S/C14H17FN2OS/c1-10-14(11-2-4-12(15)5-3-11)17-13(19-10)6-7-16-8-9-18/h2-5,16,18H,6-9H2,1H3. The SMILES string of the molecule is Cc1sc(CCNCCO)nc1-c1ccc(F)cc1. The van der Waals surface area contributed by atoms with Gasteiger partial charge < -0.3 is 10.4 Å². The van der Waals surface area contributed by atoms with Crippen LogP contribution in [0.3, 0.4) is 0 Å². The van der Waals surface area contributed by atoms with Gasteiger partial charge in [-0.15, -0.1) is 11.3 Å². The monoisotopic (exact) mass is 280 g/mol. The predicted molar refractivity (Wildman–Crippen MR) is 75.9 cm³/mol. The normalized spacial score (nSPS) is 10.9. The highest BCUT2D eigenvalue weighted by atomic mass is 32.1. The van der Waals surface area contributed by atoms with Crippen molar-refractivity contribution >= 4 is 11.3 Å². The van der Waals surface area contributed by atoms with Gasteiger partial charge in [0.25, 0.3) is 0 Å². The molecule has 102 valence electrons. The van der Waals surface area contributed by atoms with E-state index in [-0.39, 0.29) is 12.4 Å². The fourth-order valence-electron chi connectivity index (χ4n) is 1.83. The quantitative estimate of drug-likeness (QED) is 0.799. The van der Waals surface area contributed by atoms with Gasteiger partial charge in [-0.05, 0) is 31.2 Å². The Labute approximate surface area is 116 Å². The van der Waals surface area contributed by atoms with E-state index in [4.69, 9.17) is 5.11 Å². The van der Waals surface area contributed by atoms with Crippen molar-refractivity contribution in [2.24, 2.45) is 0 Å². The maximum absolute atomic E-state index is 12.9. The summed E-state index contributed by atoms with van der Waals surface area (Å²) in [5.41, 5.74) is 1.88. The molecule has 1 aromatic heterocycles. The average Bonchev–Trinajstić information content (AvgIpc) is 2.77. The molecular weight excluding hydrogens is 263 g/mol. The van der Waals surface area contributed by atoms with Crippen molar-refractivity contribution in [2.75, 3.05) is 19.7 Å². The van der Waals surface area contributed by atoms with Gasteiger partial charge in [-0.2, -0.15) is 0 Å². The first-order valence-electron chi connectivity index (χ1n) is 6.24. The molecule has 2 rings (SSSR count). The molecule has 0 spiro atoms. The van der Waals surface area contributed by atoms with Gasteiger partial charge >= 0.3 is 0 Å². The van der Waals surface area contributed by atoms with Crippen molar-refractivity contribution in [1.29, 1.82) is 0 Å². The summed E-state index contributed by atoms with van der Waals surface area (Å²) in [6, 6.07) is 6.42. The molecule has 0 bridgehead atoms. The van der Waals surface area contributed by atoms with Crippen molar-refractivity contribution in [3.8, 4) is 11.3 Å². The molecule has 19 heavy (non-hydrogen) atoms. The number of rotatable bonds is 6. The van der Waals surface area contributed by atoms with Gasteiger partial charge in [-0.1, -0.05) is 0 Å². The van der Waals surface area contributed by atoms with E-state index in [0.717, 1.165) is 34.1 Å². The number of halogens is 1. The Kier molecular flexibility index (Phi) is 5.01. The highest BCUT2D eigenvalue weighted by molar-refractivity contribution is 7.12. The molecule has 0 unspecified atom stereocenters. The summed E-state index contributed by atoms with van der Waals surface area (Å²) >= 11 is 1.66. The summed E-state index contributed by atoms with van der Waals surface area (Å²) in [5, 5.41) is 12.9. The minimum absolute atomic E-state index is 0.151. The van der Waals surface area contributed by atoms with E-state index >= 15 is 0 Å². The van der Waals surface area contributed by atoms with Crippen molar-refractivity contribution in [3.05, 3.63) is 40.0 Å². The van der Waals surface area contributed by atoms with Gasteiger partial charge in [0.05, 0.1) is 17.3 Å². The van der Waals surface area contributed by atoms with Crippen molar-refractivity contribution in [1.82, 2.24) is 10.3 Å². The number of aliphatic hydroxyl groups is 1. The van der Waals surface area contributed by atoms with Crippen LogP contribution in [0.25, 0.3) is 11.3 Å². The van der Waals surface area contributed by atoms with Crippen molar-refractivity contribution in [2.45, 2.75) is 13.3 Å². The van der Waals surface area contributed by atoms with Crippen LogP contribution in [0.1, 0.15) is 9.88 Å². The molecule has 0 amide bonds. The third-order valence-electron chi connectivity index (χ3n) is 2.76. The largest absolute Gasteiger partial charge is 0.395 e. The Balaban J connectivity index is 2.06. The van der Waals surface area contributed by atoms with Gasteiger partial charge in [0.15, 0.2) is 0 Å². The maximum Gasteiger partial charge on any atom is 0.123 e. The van der Waals surface area contributed by atoms with Crippen LogP contribution >= 0.6 is 11.3 Å². The fourth-order valence-corrected chi connectivity index (χ4v) is 2.79. The number of nitrogens with one attached hydrogen (secondary N) is 1. The molecule has 1 aromatic carbocycles. The number of benzene rings is 1.